The Labute approximate surface area is 99.4 Å². The van der Waals surface area contributed by atoms with Gasteiger partial charge in [0.2, 0.25) is 0 Å². The quantitative estimate of drug-likeness (QED) is 0.630. The first-order chi connectivity index (χ1) is 7.88. The van der Waals surface area contributed by atoms with Crippen molar-refractivity contribution in [3.63, 3.8) is 0 Å². The molecular weight excluding hydrogens is 264 g/mol. The van der Waals surface area contributed by atoms with Crippen molar-refractivity contribution in [2.75, 3.05) is 0 Å². The molecule has 0 bridgehead atoms. The molecule has 0 spiro atoms. The van der Waals surface area contributed by atoms with Crippen molar-refractivity contribution < 1.29 is 21.4 Å². The molecule has 2 aromatic rings. The number of hydrogen-bond acceptors (Lipinski definition) is 4. The summed E-state index contributed by atoms with van der Waals surface area (Å²) in [5, 5.41) is 1.13. The third-order valence-corrected chi connectivity index (χ3v) is 3.85. The molecule has 0 aromatic heterocycles. The van der Waals surface area contributed by atoms with Gasteiger partial charge in [0, 0.05) is 0 Å². The van der Waals surface area contributed by atoms with Gasteiger partial charge in [0.05, 0.1) is 9.79 Å². The molecule has 0 radical (unpaired) electrons. The van der Waals surface area contributed by atoms with Crippen LogP contribution in [0.2, 0.25) is 0 Å². The molecule has 1 N–H and O–H groups in total. The van der Waals surface area contributed by atoms with E-state index in [0.29, 0.717) is 10.8 Å². The van der Waals surface area contributed by atoms with Gasteiger partial charge in [-0.1, -0.05) is 12.1 Å². The van der Waals surface area contributed by atoms with Crippen LogP contribution in [0, 0.1) is 0 Å². The molecule has 0 saturated heterocycles. The highest BCUT2D eigenvalue weighted by atomic mass is 32.2. The minimum Gasteiger partial charge on any atom is -0.282 e. The summed E-state index contributed by atoms with van der Waals surface area (Å²) in [6.07, 6.45) is 0. The molecule has 0 amide bonds. The van der Waals surface area contributed by atoms with E-state index in [2.05, 4.69) is 0 Å². The molecule has 0 aliphatic rings. The standard InChI is InChI=1S/C10H8O5S2/c11-16(12)9-3-1-7-2-4-10(17(13,14)15)6-8(7)5-9/h1-6,16H,(H,13,14,15). The molecule has 0 atom stereocenters. The van der Waals surface area contributed by atoms with E-state index < -0.39 is 20.8 Å². The number of hydrogen-bond donors (Lipinski definition) is 2. The van der Waals surface area contributed by atoms with Gasteiger partial charge in [0.15, 0.2) is 10.7 Å². The maximum atomic E-state index is 10.9. The van der Waals surface area contributed by atoms with Crippen molar-refractivity contribution >= 4 is 31.6 Å². The van der Waals surface area contributed by atoms with Crippen LogP contribution in [-0.4, -0.2) is 21.4 Å². The van der Waals surface area contributed by atoms with Crippen molar-refractivity contribution in [3.8, 4) is 0 Å². The Morgan fingerprint density at radius 2 is 1.59 bits per heavy atom. The highest BCUT2D eigenvalue weighted by molar-refractivity contribution is 7.85. The lowest BCUT2D eigenvalue weighted by Crippen LogP contribution is -1.97. The van der Waals surface area contributed by atoms with E-state index in [-0.39, 0.29) is 9.79 Å². The van der Waals surface area contributed by atoms with Gasteiger partial charge >= 0.3 is 0 Å². The first-order valence-electron chi connectivity index (χ1n) is 4.53. The zero-order chi connectivity index (χ0) is 12.6. The molecule has 0 heterocycles. The minimum atomic E-state index is -4.28. The van der Waals surface area contributed by atoms with Gasteiger partial charge in [-0.3, -0.25) is 4.55 Å². The summed E-state index contributed by atoms with van der Waals surface area (Å²) >= 11 is 0. The van der Waals surface area contributed by atoms with Crippen LogP contribution >= 0.6 is 0 Å². The summed E-state index contributed by atoms with van der Waals surface area (Å²) in [4.78, 5) is -0.164. The third-order valence-electron chi connectivity index (χ3n) is 2.30. The number of rotatable bonds is 2. The van der Waals surface area contributed by atoms with Crippen molar-refractivity contribution in [2.45, 2.75) is 9.79 Å². The third kappa shape index (κ3) is 2.46. The lowest BCUT2D eigenvalue weighted by Gasteiger charge is -2.01. The molecular formula is C10H8O5S2. The summed E-state index contributed by atoms with van der Waals surface area (Å²) < 4.78 is 52.3. The maximum absolute atomic E-state index is 10.9. The molecule has 0 saturated carbocycles. The van der Waals surface area contributed by atoms with E-state index in [1.54, 1.807) is 6.07 Å². The van der Waals surface area contributed by atoms with Crippen molar-refractivity contribution in [2.24, 2.45) is 0 Å². The Balaban J connectivity index is 2.75. The second-order valence-corrected chi connectivity index (χ2v) is 5.88. The highest BCUT2D eigenvalue weighted by Gasteiger charge is 2.10. The summed E-state index contributed by atoms with van der Waals surface area (Å²) in [6, 6.07) is 8.35. The summed E-state index contributed by atoms with van der Waals surface area (Å²) in [5.74, 6) is 0. The van der Waals surface area contributed by atoms with E-state index in [4.69, 9.17) is 4.55 Å². The Kier molecular flexibility index (Phi) is 2.90. The lowest BCUT2D eigenvalue weighted by molar-refractivity contribution is 0.483. The van der Waals surface area contributed by atoms with Gasteiger partial charge in [0.25, 0.3) is 10.1 Å². The molecule has 90 valence electrons. The zero-order valence-electron chi connectivity index (χ0n) is 8.40. The summed E-state index contributed by atoms with van der Waals surface area (Å²) in [7, 11) is -7.00. The fraction of sp³-hybridized carbons (Fsp3) is 0. The summed E-state index contributed by atoms with van der Waals surface area (Å²) in [6.45, 7) is 0. The van der Waals surface area contributed by atoms with E-state index >= 15 is 0 Å². The molecule has 5 nitrogen and oxygen atoms in total. The van der Waals surface area contributed by atoms with Crippen molar-refractivity contribution in [1.82, 2.24) is 0 Å². The Bertz CT molecular complexity index is 751. The van der Waals surface area contributed by atoms with Crippen LogP contribution in [-0.2, 0) is 20.8 Å². The van der Waals surface area contributed by atoms with Crippen molar-refractivity contribution in [1.29, 1.82) is 0 Å². The predicted molar refractivity (Wildman–Crippen MR) is 62.3 cm³/mol. The Morgan fingerprint density at radius 3 is 2.18 bits per heavy atom. The maximum Gasteiger partial charge on any atom is 0.294 e. The second-order valence-electron chi connectivity index (χ2n) is 3.43. The van der Waals surface area contributed by atoms with E-state index in [1.165, 1.54) is 30.3 Å². The smallest absolute Gasteiger partial charge is 0.282 e. The van der Waals surface area contributed by atoms with Crippen LogP contribution in [0.15, 0.2) is 46.2 Å². The SMILES string of the molecule is O=[SH](=O)c1ccc2ccc(S(=O)(=O)O)cc2c1. The number of fused-ring (bicyclic) bond motifs is 1. The van der Waals surface area contributed by atoms with Gasteiger partial charge in [0.1, 0.15) is 0 Å². The van der Waals surface area contributed by atoms with E-state index in [9.17, 15) is 16.8 Å². The van der Waals surface area contributed by atoms with Gasteiger partial charge < -0.3 is 0 Å². The topological polar surface area (TPSA) is 88.5 Å². The van der Waals surface area contributed by atoms with Crippen LogP contribution in [0.5, 0.6) is 0 Å². The van der Waals surface area contributed by atoms with Crippen LogP contribution in [0.3, 0.4) is 0 Å². The van der Waals surface area contributed by atoms with Gasteiger partial charge in [-0.15, -0.1) is 0 Å². The molecule has 7 heteroatoms. The van der Waals surface area contributed by atoms with Crippen LogP contribution in [0.4, 0.5) is 0 Å². The molecule has 0 fully saturated rings. The molecule has 2 rings (SSSR count). The number of benzene rings is 2. The van der Waals surface area contributed by atoms with Crippen LogP contribution < -0.4 is 0 Å². The van der Waals surface area contributed by atoms with Crippen molar-refractivity contribution in [3.05, 3.63) is 36.4 Å². The fourth-order valence-electron chi connectivity index (χ4n) is 1.49. The monoisotopic (exact) mass is 272 g/mol. The molecule has 0 aliphatic heterocycles. The Hall–Kier alpha value is -1.44. The van der Waals surface area contributed by atoms with E-state index in [0.717, 1.165) is 0 Å². The normalized spacial score (nSPS) is 12.1. The Morgan fingerprint density at radius 1 is 0.941 bits per heavy atom. The molecule has 2 aromatic carbocycles. The molecule has 17 heavy (non-hydrogen) atoms. The van der Waals surface area contributed by atoms with Gasteiger partial charge in [-0.25, -0.2) is 8.42 Å². The number of thiol groups is 1. The van der Waals surface area contributed by atoms with Gasteiger partial charge in [-0.2, -0.15) is 8.42 Å². The fourth-order valence-corrected chi connectivity index (χ4v) is 2.44. The lowest BCUT2D eigenvalue weighted by atomic mass is 10.1. The van der Waals surface area contributed by atoms with E-state index in [1.807, 2.05) is 0 Å². The first kappa shape index (κ1) is 12.0. The average molecular weight is 272 g/mol. The first-order valence-corrected chi connectivity index (χ1v) is 7.15. The molecule has 0 unspecified atom stereocenters. The molecule has 0 aliphatic carbocycles. The largest absolute Gasteiger partial charge is 0.294 e. The average Bonchev–Trinajstić information content (AvgIpc) is 2.26. The second kappa shape index (κ2) is 4.10. The van der Waals surface area contributed by atoms with Crippen LogP contribution in [0.25, 0.3) is 10.8 Å². The minimum absolute atomic E-state index is 0.0972. The van der Waals surface area contributed by atoms with Gasteiger partial charge in [-0.05, 0) is 35.0 Å². The summed E-state index contributed by atoms with van der Waals surface area (Å²) in [5.41, 5.74) is 0. The predicted octanol–water partition coefficient (Wildman–Crippen LogP) is 1.06. The zero-order valence-corrected chi connectivity index (χ0v) is 10.1. The van der Waals surface area contributed by atoms with Crippen LogP contribution in [0.1, 0.15) is 0 Å². The highest BCUT2D eigenvalue weighted by Crippen LogP contribution is 2.20.